The summed E-state index contributed by atoms with van der Waals surface area (Å²) in [6, 6.07) is 4.86. The molecule has 6 heterocycles. The fourth-order valence-corrected chi connectivity index (χ4v) is 9.91. The number of aliphatic carboxylic acids is 1. The van der Waals surface area contributed by atoms with Gasteiger partial charge in [0.1, 0.15) is 16.5 Å². The van der Waals surface area contributed by atoms with E-state index in [4.69, 9.17) is 28.2 Å². The van der Waals surface area contributed by atoms with Crippen LogP contribution in [0.2, 0.25) is 10.0 Å². The molecular formula is C31H36Cl2N6O3S2. The number of amides is 1. The van der Waals surface area contributed by atoms with Gasteiger partial charge in [-0.1, -0.05) is 53.8 Å². The Balaban J connectivity index is 1.08. The predicted molar refractivity (Wildman–Crippen MR) is 178 cm³/mol. The zero-order chi connectivity index (χ0) is 30.4. The molecule has 2 unspecified atom stereocenters. The van der Waals surface area contributed by atoms with Gasteiger partial charge in [-0.05, 0) is 56.7 Å². The van der Waals surface area contributed by atoms with Gasteiger partial charge in [-0.3, -0.25) is 19.8 Å². The molecule has 13 heteroatoms. The third-order valence-corrected chi connectivity index (χ3v) is 12.4. The van der Waals surface area contributed by atoms with E-state index in [9.17, 15) is 14.7 Å². The second kappa shape index (κ2) is 12.7. The second-order valence-corrected chi connectivity index (χ2v) is 15.2. The Morgan fingerprint density at radius 3 is 2.48 bits per heavy atom. The molecule has 4 aliphatic rings. The number of thiophene rings is 1. The molecule has 3 saturated heterocycles. The zero-order valence-electron chi connectivity index (χ0n) is 24.4. The highest BCUT2D eigenvalue weighted by Crippen LogP contribution is 2.46. The number of nitrogens with zero attached hydrogens (tertiary/aromatic N) is 5. The summed E-state index contributed by atoms with van der Waals surface area (Å²) in [6.45, 7) is 4.31. The highest BCUT2D eigenvalue weighted by Gasteiger charge is 2.45. The van der Waals surface area contributed by atoms with Crippen molar-refractivity contribution >= 4 is 73.7 Å². The lowest BCUT2D eigenvalue weighted by Crippen LogP contribution is -2.43. The predicted octanol–water partition coefficient (Wildman–Crippen LogP) is 6.97. The number of pyridine rings is 1. The van der Waals surface area contributed by atoms with Crippen LogP contribution in [0.4, 0.5) is 16.0 Å². The van der Waals surface area contributed by atoms with Crippen molar-refractivity contribution in [3.63, 3.8) is 0 Å². The van der Waals surface area contributed by atoms with E-state index in [2.05, 4.69) is 20.1 Å². The summed E-state index contributed by atoms with van der Waals surface area (Å²) in [7, 11) is 0. The van der Waals surface area contributed by atoms with Crippen LogP contribution in [-0.4, -0.2) is 76.7 Å². The minimum Gasteiger partial charge on any atom is -0.481 e. The molecule has 7 rings (SSSR count). The molecule has 0 radical (unpaired) electrons. The van der Waals surface area contributed by atoms with Crippen molar-refractivity contribution < 1.29 is 14.7 Å². The van der Waals surface area contributed by atoms with Crippen molar-refractivity contribution in [3.05, 3.63) is 39.3 Å². The molecule has 3 aromatic heterocycles. The lowest BCUT2D eigenvalue weighted by Gasteiger charge is -2.35. The molecule has 1 saturated carbocycles. The Morgan fingerprint density at radius 2 is 1.77 bits per heavy atom. The zero-order valence-corrected chi connectivity index (χ0v) is 27.5. The summed E-state index contributed by atoms with van der Waals surface area (Å²) in [5.41, 5.74) is 1.21. The van der Waals surface area contributed by atoms with Crippen LogP contribution in [0.25, 0.3) is 10.6 Å². The Bertz CT molecular complexity index is 1530. The van der Waals surface area contributed by atoms with Crippen LogP contribution in [0.3, 0.4) is 0 Å². The van der Waals surface area contributed by atoms with Crippen molar-refractivity contribution in [2.75, 3.05) is 47.8 Å². The number of carbonyl (C=O) groups excluding carboxylic acids is 1. The maximum atomic E-state index is 13.4. The SMILES string of the molecule is O=C(Nc1nc(-c2cc(Cl)cs2)c(N2CC3CCN(C4CCCCC4)C3C2)s1)c1cnc(N2CCC(C(=O)O)CC2)c(Cl)c1. The fraction of sp³-hybridized carbons (Fsp3) is 0.548. The summed E-state index contributed by atoms with van der Waals surface area (Å²) in [5, 5.41) is 16.9. The number of thiazole rings is 1. The number of carbonyl (C=O) groups is 2. The Kier molecular flexibility index (Phi) is 8.76. The Labute approximate surface area is 275 Å². The van der Waals surface area contributed by atoms with Gasteiger partial charge < -0.3 is 14.9 Å². The summed E-state index contributed by atoms with van der Waals surface area (Å²) in [6.07, 6.45) is 10.5. The number of rotatable bonds is 7. The Morgan fingerprint density at radius 1 is 0.977 bits per heavy atom. The standard InChI is InChI=1S/C31H36Cl2N6O3S2/c32-21-13-25(43-17-21)26-29(38-15-19-8-11-39(24(19)16-38)22-4-2-1-3-5-22)44-31(35-26)36-28(40)20-12-23(33)27(34-14-20)37-9-6-18(7-10-37)30(41)42/h12-14,17-19,22,24H,1-11,15-16H2,(H,41,42)(H,35,36,40). The van der Waals surface area contributed by atoms with Crippen LogP contribution in [0.15, 0.2) is 23.7 Å². The number of fused-ring (bicyclic) bond motifs is 1. The number of halogens is 2. The number of carboxylic acids is 1. The number of hydrogen-bond acceptors (Lipinski definition) is 9. The number of piperidine rings is 1. The van der Waals surface area contributed by atoms with Gasteiger partial charge in [0.25, 0.3) is 5.91 Å². The molecule has 2 atom stereocenters. The molecule has 44 heavy (non-hydrogen) atoms. The maximum Gasteiger partial charge on any atom is 0.306 e. The van der Waals surface area contributed by atoms with Gasteiger partial charge in [0.15, 0.2) is 5.13 Å². The normalized spacial score (nSPS) is 23.3. The van der Waals surface area contributed by atoms with Gasteiger partial charge in [0.05, 0.1) is 26.4 Å². The van der Waals surface area contributed by atoms with Gasteiger partial charge in [-0.15, -0.1) is 11.3 Å². The van der Waals surface area contributed by atoms with E-state index in [0.29, 0.717) is 70.5 Å². The number of anilines is 3. The minimum absolute atomic E-state index is 0.326. The molecular weight excluding hydrogens is 639 g/mol. The second-order valence-electron chi connectivity index (χ2n) is 12.4. The Hall–Kier alpha value is -2.44. The molecule has 4 fully saturated rings. The first-order valence-electron chi connectivity index (χ1n) is 15.5. The average molecular weight is 676 g/mol. The molecule has 2 N–H and O–H groups in total. The van der Waals surface area contributed by atoms with Gasteiger partial charge in [0.2, 0.25) is 0 Å². The number of hydrogen-bond donors (Lipinski definition) is 2. The summed E-state index contributed by atoms with van der Waals surface area (Å²) in [4.78, 5) is 42.3. The van der Waals surface area contributed by atoms with E-state index in [1.54, 1.807) is 17.4 Å². The first-order valence-corrected chi connectivity index (χ1v) is 18.0. The van der Waals surface area contributed by atoms with Gasteiger partial charge in [-0.2, -0.15) is 0 Å². The molecule has 9 nitrogen and oxygen atoms in total. The number of nitrogens with one attached hydrogen (secondary N) is 1. The van der Waals surface area contributed by atoms with E-state index in [1.165, 1.54) is 62.6 Å². The maximum absolute atomic E-state index is 13.4. The van der Waals surface area contributed by atoms with Gasteiger partial charge >= 0.3 is 5.97 Å². The number of aromatic nitrogens is 2. The molecule has 234 valence electrons. The largest absolute Gasteiger partial charge is 0.481 e. The monoisotopic (exact) mass is 674 g/mol. The first kappa shape index (κ1) is 30.2. The molecule has 0 aromatic carbocycles. The third kappa shape index (κ3) is 6.06. The summed E-state index contributed by atoms with van der Waals surface area (Å²) in [5.74, 6) is -0.209. The van der Waals surface area contributed by atoms with E-state index >= 15 is 0 Å². The van der Waals surface area contributed by atoms with Gasteiger partial charge in [-0.25, -0.2) is 9.97 Å². The van der Waals surface area contributed by atoms with E-state index in [-0.39, 0.29) is 11.8 Å². The van der Waals surface area contributed by atoms with Crippen LogP contribution in [0.5, 0.6) is 0 Å². The quantitative estimate of drug-likeness (QED) is 0.277. The lowest BCUT2D eigenvalue weighted by atomic mass is 9.93. The van der Waals surface area contributed by atoms with Crippen LogP contribution >= 0.6 is 45.9 Å². The summed E-state index contributed by atoms with van der Waals surface area (Å²) >= 11 is 16.0. The van der Waals surface area contributed by atoms with Crippen LogP contribution in [0, 0.1) is 11.8 Å². The first-order chi connectivity index (χ1) is 21.3. The highest BCUT2D eigenvalue weighted by atomic mass is 35.5. The molecule has 0 spiro atoms. The van der Waals surface area contributed by atoms with Crippen LogP contribution in [-0.2, 0) is 4.79 Å². The van der Waals surface area contributed by atoms with Crippen molar-refractivity contribution in [2.24, 2.45) is 11.8 Å². The summed E-state index contributed by atoms with van der Waals surface area (Å²) < 4.78 is 0. The van der Waals surface area contributed by atoms with Crippen molar-refractivity contribution in [2.45, 2.75) is 63.5 Å². The van der Waals surface area contributed by atoms with Crippen molar-refractivity contribution in [3.8, 4) is 10.6 Å². The van der Waals surface area contributed by atoms with E-state index in [0.717, 1.165) is 28.7 Å². The molecule has 1 amide bonds. The minimum atomic E-state index is -0.764. The smallest absolute Gasteiger partial charge is 0.306 e. The average Bonchev–Trinajstić information content (AvgIpc) is 3.81. The lowest BCUT2D eigenvalue weighted by molar-refractivity contribution is -0.142. The van der Waals surface area contributed by atoms with E-state index < -0.39 is 5.97 Å². The topological polar surface area (TPSA) is 102 Å². The number of likely N-dealkylation sites (tertiary alicyclic amines) is 1. The molecule has 0 bridgehead atoms. The van der Waals surface area contributed by atoms with Crippen LogP contribution in [0.1, 0.15) is 61.7 Å². The van der Waals surface area contributed by atoms with E-state index in [1.807, 2.05) is 16.3 Å². The van der Waals surface area contributed by atoms with Crippen LogP contribution < -0.4 is 15.1 Å². The highest BCUT2D eigenvalue weighted by molar-refractivity contribution is 7.21. The molecule has 3 aromatic rings. The van der Waals surface area contributed by atoms with Gasteiger partial charge in [0, 0.05) is 49.8 Å². The number of carboxylic acid groups (broad SMARTS) is 1. The third-order valence-electron chi connectivity index (χ3n) is 9.78. The van der Waals surface area contributed by atoms with Crippen molar-refractivity contribution in [1.29, 1.82) is 0 Å². The molecule has 1 aliphatic carbocycles. The van der Waals surface area contributed by atoms with Crippen molar-refractivity contribution in [1.82, 2.24) is 14.9 Å². The molecule has 3 aliphatic heterocycles. The fourth-order valence-electron chi connectivity index (χ4n) is 7.50.